The molecule has 3 aromatic rings. The lowest BCUT2D eigenvalue weighted by atomic mass is 10.1. The molecule has 4 rings (SSSR count). The highest BCUT2D eigenvalue weighted by Crippen LogP contribution is 2.28. The zero-order chi connectivity index (χ0) is 18.6. The lowest BCUT2D eigenvalue weighted by Gasteiger charge is -2.28. The topological polar surface area (TPSA) is 83.1 Å². The molecule has 0 atom stereocenters. The number of hydrogen-bond donors (Lipinski definition) is 2. The van der Waals surface area contributed by atoms with Crippen LogP contribution in [-0.2, 0) is 4.74 Å². The zero-order valence-corrected chi connectivity index (χ0v) is 15.1. The monoisotopic (exact) mass is 363 g/mol. The van der Waals surface area contributed by atoms with Crippen LogP contribution in [0.5, 0.6) is 0 Å². The molecular formula is C20H21N5O2. The van der Waals surface area contributed by atoms with E-state index in [0.29, 0.717) is 24.5 Å². The number of benzene rings is 1. The number of aromatic nitrogens is 3. The van der Waals surface area contributed by atoms with E-state index in [1.54, 1.807) is 12.4 Å². The van der Waals surface area contributed by atoms with Crippen LogP contribution >= 0.6 is 0 Å². The molecule has 2 aromatic heterocycles. The fourth-order valence-corrected chi connectivity index (χ4v) is 3.12. The number of nitrogens with one attached hydrogen (secondary N) is 2. The SMILES string of the molecule is Cc1[nH]nc(-c2ccccc2)c1NC(=O)c1cncc(N2CCOCC2)c1. The van der Waals surface area contributed by atoms with E-state index in [2.05, 4.69) is 25.4 Å². The third-order valence-corrected chi connectivity index (χ3v) is 4.60. The van der Waals surface area contributed by atoms with Gasteiger partial charge in [0.05, 0.1) is 42.0 Å². The van der Waals surface area contributed by atoms with Gasteiger partial charge in [-0.1, -0.05) is 30.3 Å². The van der Waals surface area contributed by atoms with E-state index in [1.807, 2.05) is 43.3 Å². The van der Waals surface area contributed by atoms with Gasteiger partial charge in [0.15, 0.2) is 0 Å². The second-order valence-electron chi connectivity index (χ2n) is 6.42. The van der Waals surface area contributed by atoms with Gasteiger partial charge in [0.1, 0.15) is 5.69 Å². The normalized spacial score (nSPS) is 14.2. The lowest BCUT2D eigenvalue weighted by molar-refractivity contribution is 0.102. The average molecular weight is 363 g/mol. The van der Waals surface area contributed by atoms with Crippen molar-refractivity contribution < 1.29 is 9.53 Å². The molecule has 3 heterocycles. The van der Waals surface area contributed by atoms with Crippen LogP contribution in [0, 0.1) is 6.92 Å². The van der Waals surface area contributed by atoms with Crippen molar-refractivity contribution in [2.24, 2.45) is 0 Å². The van der Waals surface area contributed by atoms with Crippen LogP contribution in [0.2, 0.25) is 0 Å². The molecule has 2 N–H and O–H groups in total. The molecule has 27 heavy (non-hydrogen) atoms. The Morgan fingerprint density at radius 3 is 2.74 bits per heavy atom. The maximum absolute atomic E-state index is 12.8. The maximum Gasteiger partial charge on any atom is 0.257 e. The standard InChI is InChI=1S/C20H21N5O2/c1-14-18(19(24-23-14)15-5-3-2-4-6-15)22-20(26)16-11-17(13-21-12-16)25-7-9-27-10-8-25/h2-6,11-13H,7-10H2,1H3,(H,22,26)(H,23,24). The molecule has 7 heteroatoms. The summed E-state index contributed by atoms with van der Waals surface area (Å²) < 4.78 is 5.39. The van der Waals surface area contributed by atoms with Crippen LogP contribution in [0.1, 0.15) is 16.1 Å². The van der Waals surface area contributed by atoms with Gasteiger partial charge in [-0.25, -0.2) is 0 Å². The van der Waals surface area contributed by atoms with Gasteiger partial charge in [0.2, 0.25) is 0 Å². The van der Waals surface area contributed by atoms with Crippen molar-refractivity contribution in [2.75, 3.05) is 36.5 Å². The average Bonchev–Trinajstić information content (AvgIpc) is 3.09. The summed E-state index contributed by atoms with van der Waals surface area (Å²) in [5.74, 6) is -0.209. The molecule has 1 amide bonds. The molecule has 0 aliphatic carbocycles. The molecule has 138 valence electrons. The summed E-state index contributed by atoms with van der Waals surface area (Å²) in [4.78, 5) is 19.3. The second-order valence-corrected chi connectivity index (χ2v) is 6.42. The Bertz CT molecular complexity index is 933. The van der Waals surface area contributed by atoms with Crippen molar-refractivity contribution >= 4 is 17.3 Å². The molecule has 0 radical (unpaired) electrons. The Kier molecular flexibility index (Phi) is 4.84. The van der Waals surface area contributed by atoms with Crippen molar-refractivity contribution in [1.29, 1.82) is 0 Å². The van der Waals surface area contributed by atoms with Gasteiger partial charge in [-0.05, 0) is 13.0 Å². The number of carbonyl (C=O) groups is 1. The van der Waals surface area contributed by atoms with Gasteiger partial charge >= 0.3 is 0 Å². The predicted octanol–water partition coefficient (Wildman–Crippen LogP) is 2.87. The largest absolute Gasteiger partial charge is 0.378 e. The molecule has 1 aliphatic rings. The Morgan fingerprint density at radius 1 is 1.19 bits per heavy atom. The second kappa shape index (κ2) is 7.59. The summed E-state index contributed by atoms with van der Waals surface area (Å²) >= 11 is 0. The van der Waals surface area contributed by atoms with Crippen molar-refractivity contribution in [1.82, 2.24) is 15.2 Å². The van der Waals surface area contributed by atoms with Crippen LogP contribution < -0.4 is 10.2 Å². The fraction of sp³-hybridized carbons (Fsp3) is 0.250. The summed E-state index contributed by atoms with van der Waals surface area (Å²) in [7, 11) is 0. The summed E-state index contributed by atoms with van der Waals surface area (Å²) in [6.07, 6.45) is 3.36. The van der Waals surface area contributed by atoms with Crippen LogP contribution in [0.4, 0.5) is 11.4 Å². The highest BCUT2D eigenvalue weighted by Gasteiger charge is 2.18. The van der Waals surface area contributed by atoms with Crippen molar-refractivity contribution in [3.63, 3.8) is 0 Å². The van der Waals surface area contributed by atoms with E-state index < -0.39 is 0 Å². The molecule has 0 spiro atoms. The molecule has 7 nitrogen and oxygen atoms in total. The number of amides is 1. The number of hydrogen-bond acceptors (Lipinski definition) is 5. The first kappa shape index (κ1) is 17.2. The van der Waals surface area contributed by atoms with Crippen molar-refractivity contribution in [3.8, 4) is 11.3 Å². The molecule has 1 fully saturated rings. The quantitative estimate of drug-likeness (QED) is 0.745. The minimum Gasteiger partial charge on any atom is -0.378 e. The fourth-order valence-electron chi connectivity index (χ4n) is 3.12. The first-order valence-corrected chi connectivity index (χ1v) is 8.92. The first-order valence-electron chi connectivity index (χ1n) is 8.92. The first-order chi connectivity index (χ1) is 13.2. The van der Waals surface area contributed by atoms with Crippen LogP contribution in [-0.4, -0.2) is 47.4 Å². The number of rotatable bonds is 4. The summed E-state index contributed by atoms with van der Waals surface area (Å²) in [6.45, 7) is 4.85. The molecule has 1 aromatic carbocycles. The highest BCUT2D eigenvalue weighted by molar-refractivity contribution is 6.06. The molecule has 1 aliphatic heterocycles. The van der Waals surface area contributed by atoms with E-state index in [-0.39, 0.29) is 5.91 Å². The van der Waals surface area contributed by atoms with E-state index in [0.717, 1.165) is 35.7 Å². The van der Waals surface area contributed by atoms with Gasteiger partial charge in [-0.15, -0.1) is 0 Å². The smallest absolute Gasteiger partial charge is 0.257 e. The maximum atomic E-state index is 12.8. The lowest BCUT2D eigenvalue weighted by Crippen LogP contribution is -2.36. The Hall–Kier alpha value is -3.19. The third-order valence-electron chi connectivity index (χ3n) is 4.60. The molecule has 0 unspecified atom stereocenters. The number of carbonyl (C=O) groups excluding carboxylic acids is 1. The molecule has 0 bridgehead atoms. The van der Waals surface area contributed by atoms with Crippen LogP contribution in [0.15, 0.2) is 48.8 Å². The van der Waals surface area contributed by atoms with Gasteiger partial charge in [0.25, 0.3) is 5.91 Å². The summed E-state index contributed by atoms with van der Waals surface area (Å²) in [6, 6.07) is 11.6. The van der Waals surface area contributed by atoms with Gasteiger partial charge in [-0.2, -0.15) is 5.10 Å². The van der Waals surface area contributed by atoms with Gasteiger partial charge in [-0.3, -0.25) is 14.9 Å². The number of nitrogens with zero attached hydrogens (tertiary/aromatic N) is 3. The van der Waals surface area contributed by atoms with Crippen LogP contribution in [0.3, 0.4) is 0 Å². The van der Waals surface area contributed by atoms with Gasteiger partial charge < -0.3 is 15.0 Å². The van der Waals surface area contributed by atoms with Gasteiger partial charge in [0, 0.05) is 24.8 Å². The number of aromatic amines is 1. The van der Waals surface area contributed by atoms with Crippen molar-refractivity contribution in [2.45, 2.75) is 6.92 Å². The van der Waals surface area contributed by atoms with E-state index >= 15 is 0 Å². The summed E-state index contributed by atoms with van der Waals surface area (Å²) in [5.41, 5.74) is 4.59. The highest BCUT2D eigenvalue weighted by atomic mass is 16.5. The zero-order valence-electron chi connectivity index (χ0n) is 15.1. The third kappa shape index (κ3) is 3.68. The van der Waals surface area contributed by atoms with E-state index in [4.69, 9.17) is 4.74 Å². The number of H-pyrrole nitrogens is 1. The molecular weight excluding hydrogens is 342 g/mol. The predicted molar refractivity (Wildman–Crippen MR) is 104 cm³/mol. The Morgan fingerprint density at radius 2 is 1.96 bits per heavy atom. The minimum atomic E-state index is -0.209. The Labute approximate surface area is 157 Å². The number of anilines is 2. The number of morpholine rings is 1. The van der Waals surface area contributed by atoms with E-state index in [9.17, 15) is 4.79 Å². The van der Waals surface area contributed by atoms with Crippen LogP contribution in [0.25, 0.3) is 11.3 Å². The summed E-state index contributed by atoms with van der Waals surface area (Å²) in [5, 5.41) is 10.3. The molecule has 1 saturated heterocycles. The number of aryl methyl sites for hydroxylation is 1. The van der Waals surface area contributed by atoms with E-state index in [1.165, 1.54) is 0 Å². The Balaban J connectivity index is 1.57. The number of ether oxygens (including phenoxy) is 1. The number of pyridine rings is 1. The minimum absolute atomic E-state index is 0.209. The van der Waals surface area contributed by atoms with Crippen molar-refractivity contribution in [3.05, 3.63) is 60.0 Å². The molecule has 0 saturated carbocycles.